The number of aliphatic hydroxyl groups excluding tert-OH is 1. The second kappa shape index (κ2) is 5.46. The highest BCUT2D eigenvalue weighted by atomic mass is 32.1. The summed E-state index contributed by atoms with van der Waals surface area (Å²) in [7, 11) is 0. The van der Waals surface area contributed by atoms with Gasteiger partial charge in [0, 0.05) is 30.0 Å². The van der Waals surface area contributed by atoms with Gasteiger partial charge >= 0.3 is 0 Å². The van der Waals surface area contributed by atoms with Crippen molar-refractivity contribution in [2.75, 3.05) is 13.2 Å². The van der Waals surface area contributed by atoms with Gasteiger partial charge in [0.25, 0.3) is 0 Å². The molecule has 1 aliphatic rings. The van der Waals surface area contributed by atoms with Gasteiger partial charge in [0.15, 0.2) is 0 Å². The van der Waals surface area contributed by atoms with Gasteiger partial charge in [-0.25, -0.2) is 4.98 Å². The average molecular weight is 254 g/mol. The lowest BCUT2D eigenvalue weighted by molar-refractivity contribution is 0.128. The molecule has 1 saturated carbocycles. The van der Waals surface area contributed by atoms with E-state index in [1.54, 1.807) is 11.3 Å². The van der Waals surface area contributed by atoms with Crippen LogP contribution in [-0.4, -0.2) is 23.2 Å². The lowest BCUT2D eigenvalue weighted by Crippen LogP contribution is -2.34. The van der Waals surface area contributed by atoms with Crippen LogP contribution in [0.2, 0.25) is 0 Å². The molecular weight excluding hydrogens is 232 g/mol. The Balaban J connectivity index is 1.82. The Morgan fingerprint density at radius 3 is 2.59 bits per heavy atom. The Kier molecular flexibility index (Phi) is 4.17. The van der Waals surface area contributed by atoms with Crippen LogP contribution in [0.15, 0.2) is 0 Å². The molecule has 1 fully saturated rings. The molecule has 0 aromatic carbocycles. The van der Waals surface area contributed by atoms with Crippen molar-refractivity contribution in [3.8, 4) is 0 Å². The van der Waals surface area contributed by atoms with Gasteiger partial charge in [0.05, 0.1) is 5.69 Å². The third-order valence-corrected chi connectivity index (χ3v) is 4.92. The summed E-state index contributed by atoms with van der Waals surface area (Å²) in [5.74, 6) is 0. The van der Waals surface area contributed by atoms with Gasteiger partial charge in [-0.15, -0.1) is 11.3 Å². The summed E-state index contributed by atoms with van der Waals surface area (Å²) in [5.41, 5.74) is 1.28. The first kappa shape index (κ1) is 13.0. The zero-order chi connectivity index (χ0) is 12.3. The van der Waals surface area contributed by atoms with Crippen LogP contribution < -0.4 is 5.32 Å². The summed E-state index contributed by atoms with van der Waals surface area (Å²) >= 11 is 1.77. The van der Waals surface area contributed by atoms with Crippen LogP contribution in [0.3, 0.4) is 0 Å². The first-order valence-electron chi connectivity index (χ1n) is 6.40. The number of hydrogen-bond donors (Lipinski definition) is 2. The van der Waals surface area contributed by atoms with Gasteiger partial charge in [0.2, 0.25) is 0 Å². The summed E-state index contributed by atoms with van der Waals surface area (Å²) in [6.45, 7) is 6.24. The molecule has 1 aromatic rings. The van der Waals surface area contributed by atoms with Crippen molar-refractivity contribution in [2.24, 2.45) is 5.41 Å². The molecule has 0 amide bonds. The van der Waals surface area contributed by atoms with E-state index in [-0.39, 0.29) is 5.41 Å². The van der Waals surface area contributed by atoms with Crippen molar-refractivity contribution < 1.29 is 5.11 Å². The molecule has 96 valence electrons. The van der Waals surface area contributed by atoms with Gasteiger partial charge in [-0.3, -0.25) is 0 Å². The third-order valence-electron chi connectivity index (χ3n) is 3.85. The van der Waals surface area contributed by atoms with E-state index in [9.17, 15) is 5.11 Å². The van der Waals surface area contributed by atoms with E-state index >= 15 is 0 Å². The maximum Gasteiger partial charge on any atom is 0.107 e. The van der Waals surface area contributed by atoms with Crippen molar-refractivity contribution in [1.82, 2.24) is 10.3 Å². The van der Waals surface area contributed by atoms with E-state index in [0.717, 1.165) is 36.6 Å². The number of aryl methyl sites for hydroxylation is 2. The van der Waals surface area contributed by atoms with E-state index in [0.29, 0.717) is 6.61 Å². The number of nitrogens with one attached hydrogen (secondary N) is 1. The quantitative estimate of drug-likeness (QED) is 0.848. The first-order valence-corrected chi connectivity index (χ1v) is 7.21. The Morgan fingerprint density at radius 2 is 2.06 bits per heavy atom. The second-order valence-electron chi connectivity index (χ2n) is 5.22. The van der Waals surface area contributed by atoms with Crippen molar-refractivity contribution in [2.45, 2.75) is 46.1 Å². The normalized spacial score (nSPS) is 18.8. The molecule has 3 nitrogen and oxygen atoms in total. The minimum absolute atomic E-state index is 0.140. The third kappa shape index (κ3) is 3.06. The predicted octanol–water partition coefficient (Wildman–Crippen LogP) is 2.40. The van der Waals surface area contributed by atoms with Crippen LogP contribution >= 0.6 is 11.3 Å². The van der Waals surface area contributed by atoms with Gasteiger partial charge < -0.3 is 10.4 Å². The number of thiazole rings is 1. The number of nitrogens with zero attached hydrogens (tertiary/aromatic N) is 1. The lowest BCUT2D eigenvalue weighted by Gasteiger charge is -2.26. The zero-order valence-corrected chi connectivity index (χ0v) is 11.6. The molecule has 17 heavy (non-hydrogen) atoms. The molecule has 0 bridgehead atoms. The number of aromatic nitrogens is 1. The molecular formula is C13H22N2OS. The monoisotopic (exact) mass is 254 g/mol. The standard InChI is InChI=1S/C13H22N2OS/c1-10-11(2)17-12(15-10)7-14-8-13(9-16)5-3-4-6-13/h14,16H,3-9H2,1-2H3. The molecule has 0 aliphatic heterocycles. The number of hydrogen-bond acceptors (Lipinski definition) is 4. The van der Waals surface area contributed by atoms with Gasteiger partial charge in [-0.1, -0.05) is 12.8 Å². The Hall–Kier alpha value is -0.450. The molecule has 0 atom stereocenters. The first-order chi connectivity index (χ1) is 8.15. The highest BCUT2D eigenvalue weighted by Crippen LogP contribution is 2.36. The summed E-state index contributed by atoms with van der Waals surface area (Å²) in [6, 6.07) is 0. The van der Waals surface area contributed by atoms with Crippen LogP contribution in [0.1, 0.15) is 41.3 Å². The van der Waals surface area contributed by atoms with Gasteiger partial charge in [0.1, 0.15) is 5.01 Å². The number of aliphatic hydroxyl groups is 1. The highest BCUT2D eigenvalue weighted by Gasteiger charge is 2.32. The van der Waals surface area contributed by atoms with E-state index in [4.69, 9.17) is 0 Å². The minimum atomic E-state index is 0.140. The molecule has 1 aromatic heterocycles. The molecule has 0 spiro atoms. The van der Waals surface area contributed by atoms with E-state index in [1.165, 1.54) is 17.7 Å². The number of rotatable bonds is 5. The SMILES string of the molecule is Cc1nc(CNCC2(CO)CCCC2)sc1C. The summed E-state index contributed by atoms with van der Waals surface area (Å²) in [6.07, 6.45) is 4.84. The van der Waals surface area contributed by atoms with E-state index in [2.05, 4.69) is 24.1 Å². The fraction of sp³-hybridized carbons (Fsp3) is 0.769. The van der Waals surface area contributed by atoms with Crippen LogP contribution in [-0.2, 0) is 6.54 Å². The van der Waals surface area contributed by atoms with Crippen LogP contribution in [0.25, 0.3) is 0 Å². The minimum Gasteiger partial charge on any atom is -0.396 e. The Labute approximate surface area is 107 Å². The molecule has 4 heteroatoms. The maximum absolute atomic E-state index is 9.51. The summed E-state index contributed by atoms with van der Waals surface area (Å²) in [5, 5.41) is 14.1. The van der Waals surface area contributed by atoms with Gasteiger partial charge in [-0.05, 0) is 26.7 Å². The van der Waals surface area contributed by atoms with Crippen LogP contribution in [0.5, 0.6) is 0 Å². The molecule has 0 unspecified atom stereocenters. The summed E-state index contributed by atoms with van der Waals surface area (Å²) in [4.78, 5) is 5.82. The molecule has 0 radical (unpaired) electrons. The Bertz CT molecular complexity index is 350. The smallest absolute Gasteiger partial charge is 0.107 e. The highest BCUT2D eigenvalue weighted by molar-refractivity contribution is 7.11. The lowest BCUT2D eigenvalue weighted by atomic mass is 9.87. The van der Waals surface area contributed by atoms with E-state index in [1.807, 2.05) is 0 Å². The summed E-state index contributed by atoms with van der Waals surface area (Å²) < 4.78 is 0. The predicted molar refractivity (Wildman–Crippen MR) is 71.3 cm³/mol. The van der Waals surface area contributed by atoms with Crippen molar-refractivity contribution >= 4 is 11.3 Å². The van der Waals surface area contributed by atoms with Crippen LogP contribution in [0, 0.1) is 19.3 Å². The average Bonchev–Trinajstić information content (AvgIpc) is 2.89. The largest absolute Gasteiger partial charge is 0.396 e. The second-order valence-corrected chi connectivity index (χ2v) is 6.51. The fourth-order valence-electron chi connectivity index (χ4n) is 2.57. The zero-order valence-electron chi connectivity index (χ0n) is 10.8. The maximum atomic E-state index is 9.51. The molecule has 1 aliphatic carbocycles. The van der Waals surface area contributed by atoms with E-state index < -0.39 is 0 Å². The van der Waals surface area contributed by atoms with Crippen LogP contribution in [0.4, 0.5) is 0 Å². The fourth-order valence-corrected chi connectivity index (χ4v) is 3.47. The van der Waals surface area contributed by atoms with Gasteiger partial charge in [-0.2, -0.15) is 0 Å². The van der Waals surface area contributed by atoms with Crippen molar-refractivity contribution in [1.29, 1.82) is 0 Å². The van der Waals surface area contributed by atoms with Crippen molar-refractivity contribution in [3.63, 3.8) is 0 Å². The Morgan fingerprint density at radius 1 is 1.35 bits per heavy atom. The molecule has 2 rings (SSSR count). The topological polar surface area (TPSA) is 45.2 Å². The molecule has 1 heterocycles. The van der Waals surface area contributed by atoms with Crippen molar-refractivity contribution in [3.05, 3.63) is 15.6 Å². The molecule has 2 N–H and O–H groups in total. The molecule has 0 saturated heterocycles.